The molecule has 0 bridgehead atoms. The van der Waals surface area contributed by atoms with E-state index in [9.17, 15) is 19.8 Å². The maximum absolute atomic E-state index is 13.2. The van der Waals surface area contributed by atoms with Crippen molar-refractivity contribution in [2.75, 3.05) is 6.61 Å². The minimum Gasteiger partial charge on any atom is -0.461 e. The molecule has 376 valence electrons. The molecule has 0 heterocycles. The number of hydrogen-bond acceptors (Lipinski definition) is 5. The van der Waals surface area contributed by atoms with Crippen LogP contribution < -0.4 is 5.32 Å². The number of ether oxygens (including phenoxy) is 1. The van der Waals surface area contributed by atoms with E-state index in [1.165, 1.54) is 89.9 Å². The third-order valence-electron chi connectivity index (χ3n) is 11.6. The van der Waals surface area contributed by atoms with Gasteiger partial charge >= 0.3 is 5.97 Å². The Labute approximate surface area is 407 Å². The number of aliphatic hydroxyl groups is 2. The Morgan fingerprint density at radius 2 is 0.848 bits per heavy atom. The SMILES string of the molecule is CC/C=C\C/C=C\C/C=C\C/C=C\C/C=C\CC(CC(=O)NC(CO)C(O)CCCCCCCCCCCCCCC)OC(=O)CCCCC/C=C\C/C=C\C/C=C\C/C=C\CCCCC. The average molecular weight is 916 g/mol. The molecule has 66 heavy (non-hydrogen) atoms. The van der Waals surface area contributed by atoms with Crippen molar-refractivity contribution in [1.82, 2.24) is 5.32 Å². The second-order valence-corrected chi connectivity index (χ2v) is 17.9. The zero-order chi connectivity index (χ0) is 48.1. The van der Waals surface area contributed by atoms with Crippen molar-refractivity contribution in [3.63, 3.8) is 0 Å². The molecule has 0 rings (SSSR count). The number of carbonyl (C=O) groups is 2. The Hall–Kier alpha value is -3.48. The van der Waals surface area contributed by atoms with E-state index >= 15 is 0 Å². The van der Waals surface area contributed by atoms with Gasteiger partial charge in [-0.05, 0) is 89.9 Å². The van der Waals surface area contributed by atoms with Gasteiger partial charge in [-0.25, -0.2) is 0 Å². The molecule has 0 saturated carbocycles. The summed E-state index contributed by atoms with van der Waals surface area (Å²) in [6.07, 6.45) is 71.6. The van der Waals surface area contributed by atoms with Gasteiger partial charge in [0.25, 0.3) is 0 Å². The summed E-state index contributed by atoms with van der Waals surface area (Å²) < 4.78 is 5.86. The maximum atomic E-state index is 13.2. The first-order valence-electron chi connectivity index (χ1n) is 27.1. The van der Waals surface area contributed by atoms with E-state index in [4.69, 9.17) is 4.74 Å². The summed E-state index contributed by atoms with van der Waals surface area (Å²) in [6.45, 7) is 6.30. The molecular formula is C60H101NO5. The molecule has 3 atom stereocenters. The van der Waals surface area contributed by atoms with Crippen molar-refractivity contribution >= 4 is 11.9 Å². The molecule has 3 unspecified atom stereocenters. The van der Waals surface area contributed by atoms with Crippen LogP contribution in [0.3, 0.4) is 0 Å². The van der Waals surface area contributed by atoms with Crippen molar-refractivity contribution in [1.29, 1.82) is 0 Å². The molecule has 0 saturated heterocycles. The Bertz CT molecular complexity index is 1350. The summed E-state index contributed by atoms with van der Waals surface area (Å²) in [5.41, 5.74) is 0. The van der Waals surface area contributed by atoms with Gasteiger partial charge in [-0.1, -0.05) is 233 Å². The first-order valence-corrected chi connectivity index (χ1v) is 27.1. The zero-order valence-electron chi connectivity index (χ0n) is 42.8. The van der Waals surface area contributed by atoms with Crippen LogP contribution in [-0.4, -0.2) is 46.9 Å². The van der Waals surface area contributed by atoms with Crippen LogP contribution in [0.5, 0.6) is 0 Å². The summed E-state index contributed by atoms with van der Waals surface area (Å²) in [5.74, 6) is -0.623. The van der Waals surface area contributed by atoms with Crippen molar-refractivity contribution in [3.05, 3.63) is 109 Å². The smallest absolute Gasteiger partial charge is 0.306 e. The van der Waals surface area contributed by atoms with E-state index in [1.807, 2.05) is 12.2 Å². The lowest BCUT2D eigenvalue weighted by Gasteiger charge is -2.24. The van der Waals surface area contributed by atoms with Gasteiger partial charge in [0.05, 0.1) is 25.2 Å². The number of amides is 1. The van der Waals surface area contributed by atoms with E-state index in [0.29, 0.717) is 19.3 Å². The average Bonchev–Trinajstić information content (AvgIpc) is 3.31. The zero-order valence-corrected chi connectivity index (χ0v) is 42.8. The van der Waals surface area contributed by atoms with E-state index in [0.717, 1.165) is 96.3 Å². The highest BCUT2D eigenvalue weighted by molar-refractivity contribution is 5.77. The molecule has 0 spiro atoms. The van der Waals surface area contributed by atoms with Crippen LogP contribution in [0, 0.1) is 0 Å². The summed E-state index contributed by atoms with van der Waals surface area (Å²) in [5, 5.41) is 23.8. The number of nitrogens with one attached hydrogen (secondary N) is 1. The van der Waals surface area contributed by atoms with Crippen LogP contribution in [0.4, 0.5) is 0 Å². The minimum atomic E-state index is -0.824. The van der Waals surface area contributed by atoms with Gasteiger partial charge < -0.3 is 20.3 Å². The summed E-state index contributed by atoms with van der Waals surface area (Å²) >= 11 is 0. The fourth-order valence-corrected chi connectivity index (χ4v) is 7.49. The van der Waals surface area contributed by atoms with Crippen LogP contribution in [-0.2, 0) is 14.3 Å². The lowest BCUT2D eigenvalue weighted by atomic mass is 10.0. The van der Waals surface area contributed by atoms with Crippen molar-refractivity contribution in [2.45, 2.75) is 251 Å². The molecule has 0 aromatic rings. The van der Waals surface area contributed by atoms with Crippen molar-refractivity contribution < 1.29 is 24.5 Å². The van der Waals surface area contributed by atoms with Crippen molar-refractivity contribution in [2.24, 2.45) is 0 Å². The number of esters is 1. The highest BCUT2D eigenvalue weighted by Crippen LogP contribution is 2.16. The monoisotopic (exact) mass is 916 g/mol. The van der Waals surface area contributed by atoms with Crippen LogP contribution in [0.2, 0.25) is 0 Å². The van der Waals surface area contributed by atoms with Gasteiger partial charge in [-0.3, -0.25) is 9.59 Å². The number of hydrogen-bond donors (Lipinski definition) is 3. The van der Waals surface area contributed by atoms with Gasteiger partial charge in [-0.15, -0.1) is 0 Å². The number of aliphatic hydroxyl groups excluding tert-OH is 2. The third kappa shape index (κ3) is 47.0. The molecule has 0 radical (unpaired) electrons. The van der Waals surface area contributed by atoms with Crippen LogP contribution in [0.25, 0.3) is 0 Å². The minimum absolute atomic E-state index is 0.0198. The Morgan fingerprint density at radius 3 is 1.30 bits per heavy atom. The molecule has 1 amide bonds. The van der Waals surface area contributed by atoms with Crippen LogP contribution in [0.1, 0.15) is 233 Å². The largest absolute Gasteiger partial charge is 0.461 e. The lowest BCUT2D eigenvalue weighted by molar-refractivity contribution is -0.150. The second-order valence-electron chi connectivity index (χ2n) is 17.9. The number of unbranched alkanes of at least 4 members (excludes halogenated alkanes) is 18. The lowest BCUT2D eigenvalue weighted by Crippen LogP contribution is -2.46. The molecule has 0 aromatic heterocycles. The quantitative estimate of drug-likeness (QED) is 0.0321. The molecule has 3 N–H and O–H groups in total. The molecule has 0 fully saturated rings. The summed E-state index contributed by atoms with van der Waals surface area (Å²) in [4.78, 5) is 26.2. The number of allylic oxidation sites excluding steroid dienone is 17. The normalized spacial score (nSPS) is 14.1. The van der Waals surface area contributed by atoms with Gasteiger partial charge in [-0.2, -0.15) is 0 Å². The number of rotatable bonds is 47. The van der Waals surface area contributed by atoms with E-state index in [2.05, 4.69) is 123 Å². The highest BCUT2D eigenvalue weighted by atomic mass is 16.5. The molecule has 6 nitrogen and oxygen atoms in total. The van der Waals surface area contributed by atoms with Crippen LogP contribution >= 0.6 is 0 Å². The predicted octanol–water partition coefficient (Wildman–Crippen LogP) is 16.7. The first kappa shape index (κ1) is 62.5. The second kappa shape index (κ2) is 52.5. The van der Waals surface area contributed by atoms with E-state index in [-0.39, 0.29) is 24.9 Å². The number of carbonyl (C=O) groups excluding carboxylic acids is 2. The standard InChI is InChI=1S/C60H101NO5/c1-4-7-10-13-16-19-22-25-27-28-29-30-32-35-38-41-44-47-50-53-60(65)66-56(51-48-45-42-39-36-34-31-26-23-20-17-14-11-8-5-2)54-59(64)61-57(55-62)58(63)52-49-46-43-40-37-33-24-21-18-15-12-9-6-3/h8,11,16-17,19-20,25-27,29-31,35-36,38-39,45,48,56-58,62-63H,4-7,9-10,12-15,18,21-24,28,32-34,37,40-44,46-47,49-55H2,1-3H3,(H,61,64)/b11-8-,19-16-,20-17-,27-25-,30-29-,31-26-,38-35-,39-36-,48-45-. The van der Waals surface area contributed by atoms with Gasteiger partial charge in [0, 0.05) is 12.8 Å². The first-order chi connectivity index (χ1) is 32.5. The summed E-state index contributed by atoms with van der Waals surface area (Å²) in [6, 6.07) is -0.746. The van der Waals surface area contributed by atoms with E-state index < -0.39 is 18.2 Å². The fourth-order valence-electron chi connectivity index (χ4n) is 7.49. The summed E-state index contributed by atoms with van der Waals surface area (Å²) in [7, 11) is 0. The molecule has 0 aliphatic rings. The fraction of sp³-hybridized carbons (Fsp3) is 0.667. The predicted molar refractivity (Wildman–Crippen MR) is 287 cm³/mol. The molecule has 0 aliphatic carbocycles. The van der Waals surface area contributed by atoms with E-state index in [1.54, 1.807) is 0 Å². The molecular weight excluding hydrogens is 815 g/mol. The molecule has 0 aromatic carbocycles. The van der Waals surface area contributed by atoms with Gasteiger partial charge in [0.15, 0.2) is 0 Å². The molecule has 0 aliphatic heterocycles. The Kier molecular flexibility index (Phi) is 49.7. The van der Waals surface area contributed by atoms with Crippen molar-refractivity contribution in [3.8, 4) is 0 Å². The van der Waals surface area contributed by atoms with Crippen LogP contribution in [0.15, 0.2) is 109 Å². The molecule has 6 heteroatoms. The Balaban J connectivity index is 4.77. The maximum Gasteiger partial charge on any atom is 0.306 e. The van der Waals surface area contributed by atoms with Gasteiger partial charge in [0.2, 0.25) is 5.91 Å². The van der Waals surface area contributed by atoms with Gasteiger partial charge in [0.1, 0.15) is 6.10 Å². The third-order valence-corrected chi connectivity index (χ3v) is 11.6. The highest BCUT2D eigenvalue weighted by Gasteiger charge is 2.23. The topological polar surface area (TPSA) is 95.9 Å². The Morgan fingerprint density at radius 1 is 0.470 bits per heavy atom.